The first kappa shape index (κ1) is 22.4. The van der Waals surface area contributed by atoms with E-state index < -0.39 is 16.7 Å². The van der Waals surface area contributed by atoms with Gasteiger partial charge in [0.15, 0.2) is 0 Å². The third kappa shape index (κ3) is 4.69. The number of hydrogen-bond acceptors (Lipinski definition) is 7. The number of thiophene rings is 2. The third-order valence-corrected chi connectivity index (χ3v) is 7.57. The van der Waals surface area contributed by atoms with Gasteiger partial charge in [-0.05, 0) is 67.2 Å². The van der Waals surface area contributed by atoms with Crippen molar-refractivity contribution in [1.29, 1.82) is 5.26 Å². The lowest BCUT2D eigenvalue weighted by Crippen LogP contribution is -2.19. The maximum atomic E-state index is 12.8. The van der Waals surface area contributed by atoms with Crippen LogP contribution in [0.15, 0.2) is 42.0 Å². The second-order valence-electron chi connectivity index (χ2n) is 7.41. The zero-order valence-electron chi connectivity index (χ0n) is 17.3. The summed E-state index contributed by atoms with van der Waals surface area (Å²) in [5.74, 6) is -1.19. The average Bonchev–Trinajstić information content (AvgIpc) is 3.41. The van der Waals surface area contributed by atoms with E-state index in [9.17, 15) is 25.0 Å². The van der Waals surface area contributed by atoms with Crippen LogP contribution < -0.4 is 11.1 Å². The fourth-order valence-corrected chi connectivity index (χ4v) is 5.96. The lowest BCUT2D eigenvalue weighted by atomic mass is 9.95. The van der Waals surface area contributed by atoms with Gasteiger partial charge in [0, 0.05) is 26.8 Å². The number of fused-ring (bicyclic) bond motifs is 1. The van der Waals surface area contributed by atoms with Crippen LogP contribution in [-0.4, -0.2) is 16.7 Å². The van der Waals surface area contributed by atoms with Crippen molar-refractivity contribution < 1.29 is 14.5 Å². The summed E-state index contributed by atoms with van der Waals surface area (Å²) < 4.78 is 0. The SMILES string of the molecule is N#C/C(=C/c1ccc(-c2ccc([N+](=O)[O-])cc2)s1)C(=O)Nc1sc2c(c1C(N)=O)CCCC2. The third-order valence-electron chi connectivity index (χ3n) is 5.29. The van der Waals surface area contributed by atoms with E-state index >= 15 is 0 Å². The van der Waals surface area contributed by atoms with Gasteiger partial charge in [-0.3, -0.25) is 19.7 Å². The summed E-state index contributed by atoms with van der Waals surface area (Å²) in [6.07, 6.45) is 5.07. The lowest BCUT2D eigenvalue weighted by molar-refractivity contribution is -0.384. The number of nitro benzene ring substituents is 1. The first-order chi connectivity index (χ1) is 15.9. The molecule has 0 aliphatic heterocycles. The Morgan fingerprint density at radius 1 is 1.12 bits per heavy atom. The van der Waals surface area contributed by atoms with Crippen molar-refractivity contribution in [3.63, 3.8) is 0 Å². The summed E-state index contributed by atoms with van der Waals surface area (Å²) in [6.45, 7) is 0. The molecular weight excluding hydrogens is 460 g/mol. The Balaban J connectivity index is 1.56. The normalized spacial score (nSPS) is 13.1. The maximum Gasteiger partial charge on any atom is 0.269 e. The highest BCUT2D eigenvalue weighted by molar-refractivity contribution is 7.17. The number of carbonyl (C=O) groups excluding carboxylic acids is 2. The molecule has 0 saturated heterocycles. The lowest BCUT2D eigenvalue weighted by Gasteiger charge is -2.11. The number of nitriles is 1. The number of anilines is 1. The molecule has 1 aliphatic rings. The van der Waals surface area contributed by atoms with Gasteiger partial charge in [-0.2, -0.15) is 5.26 Å². The minimum absolute atomic E-state index is 0.00412. The molecule has 2 aromatic heterocycles. The van der Waals surface area contributed by atoms with Gasteiger partial charge >= 0.3 is 0 Å². The molecule has 0 fully saturated rings. The Morgan fingerprint density at radius 3 is 2.52 bits per heavy atom. The Kier molecular flexibility index (Phi) is 6.35. The van der Waals surface area contributed by atoms with E-state index in [0.717, 1.165) is 46.6 Å². The van der Waals surface area contributed by atoms with Crippen LogP contribution in [0.5, 0.6) is 0 Å². The molecule has 0 unspecified atom stereocenters. The van der Waals surface area contributed by atoms with Gasteiger partial charge < -0.3 is 11.1 Å². The first-order valence-electron chi connectivity index (χ1n) is 10.1. The van der Waals surface area contributed by atoms with E-state index in [2.05, 4.69) is 5.32 Å². The number of aryl methyl sites for hydroxylation is 1. The predicted molar refractivity (Wildman–Crippen MR) is 128 cm³/mol. The second kappa shape index (κ2) is 9.36. The zero-order chi connectivity index (χ0) is 23.5. The molecule has 33 heavy (non-hydrogen) atoms. The highest BCUT2D eigenvalue weighted by Gasteiger charge is 2.25. The molecule has 1 aromatic carbocycles. The number of carbonyl (C=O) groups is 2. The van der Waals surface area contributed by atoms with Gasteiger partial charge in [0.05, 0.1) is 10.5 Å². The minimum atomic E-state index is -0.608. The van der Waals surface area contributed by atoms with Crippen LogP contribution in [-0.2, 0) is 17.6 Å². The number of non-ortho nitro benzene ring substituents is 1. The van der Waals surface area contributed by atoms with Crippen molar-refractivity contribution >= 4 is 51.3 Å². The standard InChI is InChI=1S/C23H18N4O4S2/c24-12-14(11-16-9-10-18(32-16)13-5-7-15(8-6-13)27(30)31)22(29)26-23-20(21(25)28)17-3-1-2-4-19(17)33-23/h5-11H,1-4H2,(H2,25,28)(H,26,29)/b14-11-. The molecule has 3 aromatic rings. The van der Waals surface area contributed by atoms with Crippen LogP contribution in [0.1, 0.15) is 38.5 Å². The van der Waals surface area contributed by atoms with Gasteiger partial charge in [-0.25, -0.2) is 0 Å². The van der Waals surface area contributed by atoms with Crippen molar-refractivity contribution in [2.24, 2.45) is 5.73 Å². The molecule has 3 N–H and O–H groups in total. The molecule has 10 heteroatoms. The molecular formula is C23H18N4O4S2. The van der Waals surface area contributed by atoms with Crippen LogP contribution in [0.25, 0.3) is 16.5 Å². The largest absolute Gasteiger partial charge is 0.365 e. The van der Waals surface area contributed by atoms with Crippen molar-refractivity contribution in [3.8, 4) is 16.5 Å². The number of nitro groups is 1. The van der Waals surface area contributed by atoms with Crippen molar-refractivity contribution in [3.05, 3.63) is 73.0 Å². The van der Waals surface area contributed by atoms with Crippen LogP contribution in [0.2, 0.25) is 0 Å². The van der Waals surface area contributed by atoms with Gasteiger partial charge in [-0.1, -0.05) is 0 Å². The monoisotopic (exact) mass is 478 g/mol. The molecule has 166 valence electrons. The Hall–Kier alpha value is -3.81. The Morgan fingerprint density at radius 2 is 1.85 bits per heavy atom. The number of rotatable bonds is 6. The topological polar surface area (TPSA) is 139 Å². The predicted octanol–water partition coefficient (Wildman–Crippen LogP) is 4.91. The molecule has 2 amide bonds. The molecule has 0 atom stereocenters. The maximum absolute atomic E-state index is 12.8. The summed E-state index contributed by atoms with van der Waals surface area (Å²) in [5, 5.41) is 23.5. The van der Waals surface area contributed by atoms with Crippen LogP contribution in [0.4, 0.5) is 10.7 Å². The van der Waals surface area contributed by atoms with E-state index in [-0.39, 0.29) is 11.3 Å². The molecule has 4 rings (SSSR count). The molecule has 2 heterocycles. The number of nitrogens with two attached hydrogens (primary N) is 1. The van der Waals surface area contributed by atoms with E-state index in [0.29, 0.717) is 15.4 Å². The fourth-order valence-electron chi connectivity index (χ4n) is 3.71. The summed E-state index contributed by atoms with van der Waals surface area (Å²) in [5.41, 5.74) is 7.52. The second-order valence-corrected chi connectivity index (χ2v) is 9.63. The number of nitrogens with one attached hydrogen (secondary N) is 1. The quantitative estimate of drug-likeness (QED) is 0.224. The summed E-state index contributed by atoms with van der Waals surface area (Å²) in [7, 11) is 0. The van der Waals surface area contributed by atoms with E-state index in [1.807, 2.05) is 12.1 Å². The zero-order valence-corrected chi connectivity index (χ0v) is 18.9. The molecule has 1 aliphatic carbocycles. The molecule has 0 radical (unpaired) electrons. The minimum Gasteiger partial charge on any atom is -0.365 e. The van der Waals surface area contributed by atoms with Crippen molar-refractivity contribution in [2.75, 3.05) is 5.32 Å². The van der Waals surface area contributed by atoms with Gasteiger partial charge in [0.2, 0.25) is 0 Å². The van der Waals surface area contributed by atoms with Crippen molar-refractivity contribution in [2.45, 2.75) is 25.7 Å². The number of hydrogen-bond donors (Lipinski definition) is 2. The molecule has 0 spiro atoms. The van der Waals surface area contributed by atoms with Crippen molar-refractivity contribution in [1.82, 2.24) is 0 Å². The molecule has 8 nitrogen and oxygen atoms in total. The number of primary amides is 1. The van der Waals surface area contributed by atoms with E-state index in [4.69, 9.17) is 5.73 Å². The van der Waals surface area contributed by atoms with Crippen LogP contribution >= 0.6 is 22.7 Å². The first-order valence-corrected chi connectivity index (χ1v) is 11.7. The molecule has 0 saturated carbocycles. The summed E-state index contributed by atoms with van der Waals surface area (Å²) >= 11 is 2.69. The van der Waals surface area contributed by atoms with Crippen LogP contribution in [0.3, 0.4) is 0 Å². The average molecular weight is 479 g/mol. The van der Waals surface area contributed by atoms with E-state index in [1.165, 1.54) is 40.9 Å². The van der Waals surface area contributed by atoms with Gasteiger partial charge in [-0.15, -0.1) is 22.7 Å². The Labute approximate surface area is 197 Å². The Bertz CT molecular complexity index is 1330. The number of amides is 2. The van der Waals surface area contributed by atoms with Crippen LogP contribution in [0, 0.1) is 21.4 Å². The highest BCUT2D eigenvalue weighted by Crippen LogP contribution is 2.38. The van der Waals surface area contributed by atoms with E-state index in [1.54, 1.807) is 18.2 Å². The number of nitrogens with zero attached hydrogens (tertiary/aromatic N) is 2. The fraction of sp³-hybridized carbons (Fsp3) is 0.174. The molecule has 0 bridgehead atoms. The smallest absolute Gasteiger partial charge is 0.269 e. The number of benzene rings is 1. The van der Waals surface area contributed by atoms with Gasteiger partial charge in [0.1, 0.15) is 16.6 Å². The summed E-state index contributed by atoms with van der Waals surface area (Å²) in [6, 6.07) is 11.7. The highest BCUT2D eigenvalue weighted by atomic mass is 32.1. The summed E-state index contributed by atoms with van der Waals surface area (Å²) in [4.78, 5) is 37.8. The van der Waals surface area contributed by atoms with Gasteiger partial charge in [0.25, 0.3) is 17.5 Å².